The molecule has 0 aromatic carbocycles. The van der Waals surface area contributed by atoms with Crippen molar-refractivity contribution in [2.45, 2.75) is 57.2 Å². The van der Waals surface area contributed by atoms with Gasteiger partial charge in [0.1, 0.15) is 0 Å². The molecule has 1 N–H and O–H groups in total. The highest BCUT2D eigenvalue weighted by Crippen LogP contribution is 2.49. The van der Waals surface area contributed by atoms with Crippen molar-refractivity contribution in [3.05, 3.63) is 0 Å². The lowest BCUT2D eigenvalue weighted by molar-refractivity contribution is -0.0776. The fraction of sp³-hybridized carbons (Fsp3) is 1.00. The maximum absolute atomic E-state index is 3.33. The largest absolute Gasteiger partial charge is 0.318 e. The lowest BCUT2D eigenvalue weighted by atomic mass is 9.63. The fourth-order valence-corrected chi connectivity index (χ4v) is 4.69. The zero-order valence-electron chi connectivity index (χ0n) is 10.1. The van der Waals surface area contributed by atoms with Crippen LogP contribution in [-0.2, 0) is 0 Å². The minimum Gasteiger partial charge on any atom is -0.318 e. The van der Waals surface area contributed by atoms with E-state index in [2.05, 4.69) is 24.2 Å². The summed E-state index contributed by atoms with van der Waals surface area (Å²) in [5, 5.41) is 3.33. The molecule has 0 amide bonds. The fourth-order valence-electron chi connectivity index (χ4n) is 4.69. The quantitative estimate of drug-likeness (QED) is 0.761. The van der Waals surface area contributed by atoms with Gasteiger partial charge in [0, 0.05) is 24.7 Å². The predicted molar refractivity (Wildman–Crippen MR) is 62.9 cm³/mol. The molecule has 0 radical (unpaired) electrons. The summed E-state index contributed by atoms with van der Waals surface area (Å²) >= 11 is 0. The van der Waals surface area contributed by atoms with E-state index in [0.29, 0.717) is 0 Å². The van der Waals surface area contributed by atoms with E-state index < -0.39 is 0 Å². The Morgan fingerprint density at radius 3 is 2.07 bits per heavy atom. The molecule has 86 valence electrons. The Morgan fingerprint density at radius 2 is 1.60 bits per heavy atom. The van der Waals surface area contributed by atoms with Gasteiger partial charge in [-0.15, -0.1) is 0 Å². The molecule has 2 saturated carbocycles. The number of hydrogen-bond donors (Lipinski definition) is 1. The Kier molecular flexibility index (Phi) is 2.52. The molecule has 4 bridgehead atoms. The van der Waals surface area contributed by atoms with Crippen molar-refractivity contribution in [1.82, 2.24) is 10.2 Å². The van der Waals surface area contributed by atoms with Crippen molar-refractivity contribution >= 4 is 0 Å². The predicted octanol–water partition coefficient (Wildman–Crippen LogP) is 1.86. The minimum absolute atomic E-state index is 0.741. The normalized spacial score (nSPS) is 46.0. The van der Waals surface area contributed by atoms with Gasteiger partial charge in [-0.25, -0.2) is 0 Å². The van der Waals surface area contributed by atoms with Crippen LogP contribution in [0, 0.1) is 11.8 Å². The molecule has 0 aromatic heterocycles. The molecule has 2 nitrogen and oxygen atoms in total. The molecule has 4 aliphatic rings. The summed E-state index contributed by atoms with van der Waals surface area (Å²) < 4.78 is 0. The molecule has 2 saturated heterocycles. The summed E-state index contributed by atoms with van der Waals surface area (Å²) in [7, 11) is 2.08. The van der Waals surface area contributed by atoms with Crippen LogP contribution in [0.5, 0.6) is 0 Å². The first-order chi connectivity index (χ1) is 7.28. The van der Waals surface area contributed by atoms with E-state index in [1.165, 1.54) is 25.7 Å². The molecule has 4 fully saturated rings. The van der Waals surface area contributed by atoms with Crippen LogP contribution in [-0.4, -0.2) is 36.6 Å². The maximum Gasteiger partial charge on any atom is 0.0198 e. The first kappa shape index (κ1) is 10.1. The standard InChI is InChI=1S/C13H24N2/c1-9(8-14-2)15-12-4-10-3-11(6-12)7-13(15)5-10/h9-14H,3-8H2,1-2H3. The lowest BCUT2D eigenvalue weighted by Gasteiger charge is -2.58. The summed E-state index contributed by atoms with van der Waals surface area (Å²) in [4.78, 5) is 2.85. The van der Waals surface area contributed by atoms with Crippen LogP contribution in [0.2, 0.25) is 0 Å². The summed E-state index contributed by atoms with van der Waals surface area (Å²) in [6.45, 7) is 3.56. The van der Waals surface area contributed by atoms with Gasteiger partial charge in [-0.2, -0.15) is 0 Å². The second-order valence-corrected chi connectivity index (χ2v) is 6.07. The third kappa shape index (κ3) is 1.62. The highest BCUT2D eigenvalue weighted by molar-refractivity contribution is 5.02. The van der Waals surface area contributed by atoms with Crippen LogP contribution in [0.4, 0.5) is 0 Å². The molecule has 0 aromatic rings. The summed E-state index contributed by atoms with van der Waals surface area (Å²) in [6.07, 6.45) is 7.56. The van der Waals surface area contributed by atoms with Crippen LogP contribution in [0.3, 0.4) is 0 Å². The van der Waals surface area contributed by atoms with Gasteiger partial charge < -0.3 is 5.32 Å². The summed E-state index contributed by atoms with van der Waals surface area (Å²) in [5.41, 5.74) is 0. The van der Waals surface area contributed by atoms with Gasteiger partial charge >= 0.3 is 0 Å². The van der Waals surface area contributed by atoms with E-state index in [4.69, 9.17) is 0 Å². The zero-order chi connectivity index (χ0) is 10.4. The molecule has 0 spiro atoms. The van der Waals surface area contributed by atoms with E-state index in [-0.39, 0.29) is 0 Å². The molecular weight excluding hydrogens is 184 g/mol. The molecule has 2 heterocycles. The van der Waals surface area contributed by atoms with E-state index in [9.17, 15) is 0 Å². The molecule has 2 heteroatoms. The minimum atomic E-state index is 0.741. The summed E-state index contributed by atoms with van der Waals surface area (Å²) in [6, 6.07) is 2.61. The van der Waals surface area contributed by atoms with Crippen molar-refractivity contribution in [3.63, 3.8) is 0 Å². The van der Waals surface area contributed by atoms with Crippen molar-refractivity contribution in [2.24, 2.45) is 11.8 Å². The molecule has 2 aliphatic carbocycles. The third-order valence-electron chi connectivity index (χ3n) is 4.94. The Morgan fingerprint density at radius 1 is 1.07 bits per heavy atom. The highest BCUT2D eigenvalue weighted by Gasteiger charge is 2.47. The first-order valence-corrected chi connectivity index (χ1v) is 6.70. The number of piperidine rings is 2. The first-order valence-electron chi connectivity index (χ1n) is 6.70. The van der Waals surface area contributed by atoms with Crippen molar-refractivity contribution in [2.75, 3.05) is 13.6 Å². The van der Waals surface area contributed by atoms with Gasteiger partial charge in [0.25, 0.3) is 0 Å². The van der Waals surface area contributed by atoms with Crippen molar-refractivity contribution < 1.29 is 0 Å². The second kappa shape index (κ2) is 3.74. The number of nitrogens with one attached hydrogen (secondary N) is 1. The molecule has 1 unspecified atom stereocenters. The Balaban J connectivity index is 1.74. The molecule has 4 rings (SSSR count). The Labute approximate surface area is 93.4 Å². The number of likely N-dealkylation sites (N-methyl/N-ethyl adjacent to an activating group) is 1. The molecule has 2 aliphatic heterocycles. The Hall–Kier alpha value is -0.0800. The van der Waals surface area contributed by atoms with Crippen LogP contribution in [0.1, 0.15) is 39.0 Å². The van der Waals surface area contributed by atoms with E-state index in [0.717, 1.165) is 36.5 Å². The SMILES string of the molecule is CNCC(C)N1C2CC3CC(C2)CC1C3. The van der Waals surface area contributed by atoms with Crippen LogP contribution in [0.25, 0.3) is 0 Å². The number of rotatable bonds is 3. The smallest absolute Gasteiger partial charge is 0.0198 e. The van der Waals surface area contributed by atoms with Gasteiger partial charge in [0.15, 0.2) is 0 Å². The average molecular weight is 208 g/mol. The monoisotopic (exact) mass is 208 g/mol. The summed E-state index contributed by atoms with van der Waals surface area (Å²) in [5.74, 6) is 2.18. The number of hydrogen-bond acceptors (Lipinski definition) is 2. The molecule has 1 atom stereocenters. The van der Waals surface area contributed by atoms with E-state index in [1.54, 1.807) is 6.42 Å². The van der Waals surface area contributed by atoms with Crippen molar-refractivity contribution in [3.8, 4) is 0 Å². The van der Waals surface area contributed by atoms with Gasteiger partial charge in [0.05, 0.1) is 0 Å². The van der Waals surface area contributed by atoms with Gasteiger partial charge in [-0.1, -0.05) is 0 Å². The topological polar surface area (TPSA) is 15.3 Å². The second-order valence-electron chi connectivity index (χ2n) is 6.07. The van der Waals surface area contributed by atoms with Crippen LogP contribution in [0.15, 0.2) is 0 Å². The van der Waals surface area contributed by atoms with E-state index in [1.807, 2.05) is 0 Å². The maximum atomic E-state index is 3.33. The highest BCUT2D eigenvalue weighted by atomic mass is 15.2. The van der Waals surface area contributed by atoms with Gasteiger partial charge in [0.2, 0.25) is 0 Å². The van der Waals surface area contributed by atoms with Gasteiger partial charge in [-0.3, -0.25) is 4.90 Å². The lowest BCUT2D eigenvalue weighted by Crippen LogP contribution is -2.61. The zero-order valence-corrected chi connectivity index (χ0v) is 10.1. The van der Waals surface area contributed by atoms with Crippen molar-refractivity contribution in [1.29, 1.82) is 0 Å². The third-order valence-corrected chi connectivity index (χ3v) is 4.94. The molecular formula is C13H24N2. The van der Waals surface area contributed by atoms with Crippen LogP contribution < -0.4 is 5.32 Å². The average Bonchev–Trinajstić information content (AvgIpc) is 2.15. The number of nitrogens with zero attached hydrogens (tertiary/aromatic N) is 1. The van der Waals surface area contributed by atoms with E-state index >= 15 is 0 Å². The molecule has 15 heavy (non-hydrogen) atoms. The van der Waals surface area contributed by atoms with Crippen LogP contribution >= 0.6 is 0 Å². The Bertz CT molecular complexity index is 211. The van der Waals surface area contributed by atoms with Gasteiger partial charge in [-0.05, 0) is 57.9 Å².